The molecule has 6 nitrogen and oxygen atoms in total. The van der Waals surface area contributed by atoms with E-state index in [-0.39, 0.29) is 17.7 Å². The number of benzene rings is 2. The summed E-state index contributed by atoms with van der Waals surface area (Å²) in [4.78, 5) is 38.7. The summed E-state index contributed by atoms with van der Waals surface area (Å²) < 4.78 is 0. The normalized spacial score (nSPS) is 14.5. The summed E-state index contributed by atoms with van der Waals surface area (Å²) in [6, 6.07) is 14.1. The van der Waals surface area contributed by atoms with E-state index in [1.807, 2.05) is 18.4 Å². The highest BCUT2D eigenvalue weighted by atomic mass is 32.2. The molecule has 0 atom stereocenters. The highest BCUT2D eigenvalue weighted by molar-refractivity contribution is 7.98. The van der Waals surface area contributed by atoms with E-state index in [9.17, 15) is 14.4 Å². The number of aliphatic carboxylic acids is 1. The fourth-order valence-corrected chi connectivity index (χ4v) is 3.56. The third-order valence-electron chi connectivity index (χ3n) is 4.87. The van der Waals surface area contributed by atoms with E-state index >= 15 is 0 Å². The molecule has 0 aliphatic carbocycles. The molecule has 2 N–H and O–H groups in total. The number of nitrogens with zero attached hydrogens (tertiary/aromatic N) is 1. The van der Waals surface area contributed by atoms with Gasteiger partial charge in [0.05, 0.1) is 5.92 Å². The van der Waals surface area contributed by atoms with Crippen LogP contribution < -0.4 is 5.32 Å². The molecule has 0 aromatic heterocycles. The standard InChI is InChI=1S/C21H22N2O4S/c1-28-18-8-4-14(5-9-18)19(24)22-17-6-2-15(3-7-17)20(25)23-12-10-16(11-13-23)21(26)27/h2-9,16H,10-13H2,1H3,(H,22,24)(H,26,27). The van der Waals surface area contributed by atoms with Crippen molar-refractivity contribution in [1.29, 1.82) is 0 Å². The quantitative estimate of drug-likeness (QED) is 0.752. The van der Waals surface area contributed by atoms with Crippen LogP contribution in [0.15, 0.2) is 53.4 Å². The second-order valence-electron chi connectivity index (χ2n) is 6.66. The van der Waals surface area contributed by atoms with Crippen LogP contribution in [0.3, 0.4) is 0 Å². The van der Waals surface area contributed by atoms with Gasteiger partial charge < -0.3 is 15.3 Å². The lowest BCUT2D eigenvalue weighted by molar-refractivity contribution is -0.143. The van der Waals surface area contributed by atoms with E-state index in [0.29, 0.717) is 42.7 Å². The Morgan fingerprint density at radius 2 is 1.54 bits per heavy atom. The van der Waals surface area contributed by atoms with Crippen molar-refractivity contribution in [2.45, 2.75) is 17.7 Å². The second-order valence-corrected chi connectivity index (χ2v) is 7.54. The molecule has 1 heterocycles. The smallest absolute Gasteiger partial charge is 0.306 e. The number of nitrogens with one attached hydrogen (secondary N) is 1. The Bertz CT molecular complexity index is 857. The number of hydrogen-bond donors (Lipinski definition) is 2. The first kappa shape index (κ1) is 19.9. The predicted molar refractivity (Wildman–Crippen MR) is 109 cm³/mol. The van der Waals surface area contributed by atoms with Crippen molar-refractivity contribution >= 4 is 35.2 Å². The lowest BCUT2D eigenvalue weighted by Gasteiger charge is -2.30. The van der Waals surface area contributed by atoms with Crippen molar-refractivity contribution in [3.8, 4) is 0 Å². The van der Waals surface area contributed by atoms with Gasteiger partial charge >= 0.3 is 5.97 Å². The average Bonchev–Trinajstić information content (AvgIpc) is 2.74. The number of carbonyl (C=O) groups is 3. The Morgan fingerprint density at radius 3 is 2.07 bits per heavy atom. The lowest BCUT2D eigenvalue weighted by atomic mass is 9.96. The molecule has 1 aliphatic heterocycles. The van der Waals surface area contributed by atoms with Crippen LogP contribution in [0.25, 0.3) is 0 Å². The number of thioether (sulfide) groups is 1. The van der Waals surface area contributed by atoms with E-state index in [4.69, 9.17) is 5.11 Å². The Hall–Kier alpha value is -2.80. The molecular weight excluding hydrogens is 376 g/mol. The van der Waals surface area contributed by atoms with Gasteiger partial charge in [0.1, 0.15) is 0 Å². The monoisotopic (exact) mass is 398 g/mol. The van der Waals surface area contributed by atoms with E-state index in [2.05, 4.69) is 5.32 Å². The third-order valence-corrected chi connectivity index (χ3v) is 5.62. The molecule has 28 heavy (non-hydrogen) atoms. The molecule has 1 aliphatic rings. The first-order valence-electron chi connectivity index (χ1n) is 9.05. The number of carboxylic acid groups (broad SMARTS) is 1. The van der Waals surface area contributed by atoms with Gasteiger partial charge in [0.2, 0.25) is 0 Å². The molecule has 1 fully saturated rings. The first-order valence-corrected chi connectivity index (χ1v) is 10.3. The largest absolute Gasteiger partial charge is 0.481 e. The van der Waals surface area contributed by atoms with Crippen molar-refractivity contribution in [3.63, 3.8) is 0 Å². The molecule has 3 rings (SSSR count). The minimum atomic E-state index is -0.796. The maximum atomic E-state index is 12.6. The zero-order valence-corrected chi connectivity index (χ0v) is 16.4. The van der Waals surface area contributed by atoms with Crippen LogP contribution in [0.5, 0.6) is 0 Å². The molecule has 7 heteroatoms. The Labute approximate surface area is 167 Å². The van der Waals surface area contributed by atoms with Gasteiger partial charge in [-0.25, -0.2) is 0 Å². The summed E-state index contributed by atoms with van der Waals surface area (Å²) in [7, 11) is 0. The highest BCUT2D eigenvalue weighted by Crippen LogP contribution is 2.20. The maximum Gasteiger partial charge on any atom is 0.306 e. The van der Waals surface area contributed by atoms with Gasteiger partial charge in [-0.2, -0.15) is 0 Å². The molecule has 2 aromatic carbocycles. The summed E-state index contributed by atoms with van der Waals surface area (Å²) >= 11 is 1.61. The van der Waals surface area contributed by atoms with Crippen LogP contribution in [-0.4, -0.2) is 47.1 Å². The van der Waals surface area contributed by atoms with Crippen LogP contribution in [0.4, 0.5) is 5.69 Å². The fourth-order valence-electron chi connectivity index (χ4n) is 3.15. The highest BCUT2D eigenvalue weighted by Gasteiger charge is 2.27. The fraction of sp³-hybridized carbons (Fsp3) is 0.286. The molecular formula is C21H22N2O4S. The van der Waals surface area contributed by atoms with E-state index in [1.54, 1.807) is 53.1 Å². The van der Waals surface area contributed by atoms with Gasteiger partial charge in [0.25, 0.3) is 11.8 Å². The first-order chi connectivity index (χ1) is 13.5. The van der Waals surface area contributed by atoms with E-state index in [1.165, 1.54) is 0 Å². The maximum absolute atomic E-state index is 12.6. The van der Waals surface area contributed by atoms with Gasteiger partial charge in [-0.15, -0.1) is 11.8 Å². The summed E-state index contributed by atoms with van der Waals surface area (Å²) in [5.74, 6) is -1.49. The SMILES string of the molecule is CSc1ccc(C(=O)Nc2ccc(C(=O)N3CCC(C(=O)O)CC3)cc2)cc1. The van der Waals surface area contributed by atoms with Gasteiger partial charge in [-0.1, -0.05) is 0 Å². The van der Waals surface area contributed by atoms with Crippen LogP contribution in [-0.2, 0) is 4.79 Å². The summed E-state index contributed by atoms with van der Waals surface area (Å²) in [6.45, 7) is 0.890. The molecule has 2 aromatic rings. The number of hydrogen-bond acceptors (Lipinski definition) is 4. The molecule has 2 amide bonds. The molecule has 0 unspecified atom stereocenters. The lowest BCUT2D eigenvalue weighted by Crippen LogP contribution is -2.40. The van der Waals surface area contributed by atoms with Gasteiger partial charge in [-0.3, -0.25) is 14.4 Å². The number of likely N-dealkylation sites (tertiary alicyclic amines) is 1. The number of carbonyl (C=O) groups excluding carboxylic acids is 2. The van der Waals surface area contributed by atoms with Gasteiger partial charge in [-0.05, 0) is 67.6 Å². The molecule has 0 spiro atoms. The van der Waals surface area contributed by atoms with E-state index in [0.717, 1.165) is 4.90 Å². The minimum Gasteiger partial charge on any atom is -0.481 e. The van der Waals surface area contributed by atoms with Crippen molar-refractivity contribution in [1.82, 2.24) is 4.90 Å². The Morgan fingerprint density at radius 1 is 0.964 bits per heavy atom. The molecule has 1 saturated heterocycles. The summed E-state index contributed by atoms with van der Waals surface area (Å²) in [6.07, 6.45) is 2.93. The number of amides is 2. The van der Waals surface area contributed by atoms with E-state index < -0.39 is 5.97 Å². The van der Waals surface area contributed by atoms with Crippen LogP contribution in [0.2, 0.25) is 0 Å². The summed E-state index contributed by atoms with van der Waals surface area (Å²) in [5, 5.41) is 11.9. The van der Waals surface area contributed by atoms with Crippen molar-refractivity contribution < 1.29 is 19.5 Å². The number of rotatable bonds is 5. The summed E-state index contributed by atoms with van der Waals surface area (Å²) in [5.41, 5.74) is 1.70. The average molecular weight is 398 g/mol. The number of anilines is 1. The zero-order chi connectivity index (χ0) is 20.1. The van der Waals surface area contributed by atoms with Crippen molar-refractivity contribution in [2.24, 2.45) is 5.92 Å². The Kier molecular flexibility index (Phi) is 6.36. The van der Waals surface area contributed by atoms with Crippen LogP contribution in [0.1, 0.15) is 33.6 Å². The Balaban J connectivity index is 1.59. The number of carboxylic acids is 1. The van der Waals surface area contributed by atoms with Crippen molar-refractivity contribution in [2.75, 3.05) is 24.7 Å². The zero-order valence-electron chi connectivity index (χ0n) is 15.6. The predicted octanol–water partition coefficient (Wildman–Crippen LogP) is 3.60. The van der Waals surface area contributed by atoms with Gasteiger partial charge in [0.15, 0.2) is 0 Å². The topological polar surface area (TPSA) is 86.7 Å². The molecule has 146 valence electrons. The molecule has 0 radical (unpaired) electrons. The second kappa shape index (κ2) is 8.93. The van der Waals surface area contributed by atoms with Gasteiger partial charge in [0, 0.05) is 34.8 Å². The van der Waals surface area contributed by atoms with Crippen molar-refractivity contribution in [3.05, 3.63) is 59.7 Å². The molecule has 0 saturated carbocycles. The number of piperidine rings is 1. The van der Waals surface area contributed by atoms with Crippen LogP contribution >= 0.6 is 11.8 Å². The minimum absolute atomic E-state index is 0.116. The molecule has 0 bridgehead atoms. The van der Waals surface area contributed by atoms with Crippen LogP contribution in [0, 0.1) is 5.92 Å². The third kappa shape index (κ3) is 4.72.